The molecule has 4 heteroatoms. The standard InChI is InChI=1S/C13H22N2OS/c1-9-6-12(10(2)17-9)13(7-14)15-5-4-11(8-15)16-3/h6,11,13H,4-5,7-8,14H2,1-3H3. The van der Waals surface area contributed by atoms with Crippen molar-refractivity contribution in [3.8, 4) is 0 Å². The Bertz CT molecular complexity index is 377. The lowest BCUT2D eigenvalue weighted by molar-refractivity contribution is 0.101. The molecule has 0 aliphatic carbocycles. The van der Waals surface area contributed by atoms with Crippen LogP contribution in [0.2, 0.25) is 0 Å². The van der Waals surface area contributed by atoms with Gasteiger partial charge in [-0.3, -0.25) is 4.90 Å². The van der Waals surface area contributed by atoms with Crippen LogP contribution in [0.3, 0.4) is 0 Å². The van der Waals surface area contributed by atoms with Crippen LogP contribution in [0.4, 0.5) is 0 Å². The molecule has 0 aromatic carbocycles. The molecule has 2 rings (SSSR count). The molecule has 96 valence electrons. The maximum absolute atomic E-state index is 5.97. The van der Waals surface area contributed by atoms with Crippen molar-refractivity contribution >= 4 is 11.3 Å². The van der Waals surface area contributed by atoms with E-state index in [9.17, 15) is 0 Å². The molecular weight excluding hydrogens is 232 g/mol. The van der Waals surface area contributed by atoms with E-state index in [1.54, 1.807) is 7.11 Å². The van der Waals surface area contributed by atoms with E-state index in [-0.39, 0.29) is 0 Å². The number of nitrogens with two attached hydrogens (primary N) is 1. The van der Waals surface area contributed by atoms with Crippen LogP contribution in [0.15, 0.2) is 6.07 Å². The van der Waals surface area contributed by atoms with Gasteiger partial charge in [-0.15, -0.1) is 11.3 Å². The Kier molecular flexibility index (Phi) is 4.20. The largest absolute Gasteiger partial charge is 0.380 e. The summed E-state index contributed by atoms with van der Waals surface area (Å²) in [4.78, 5) is 5.24. The summed E-state index contributed by atoms with van der Waals surface area (Å²) >= 11 is 1.86. The van der Waals surface area contributed by atoms with Crippen molar-refractivity contribution < 1.29 is 4.74 Å². The van der Waals surface area contributed by atoms with Gasteiger partial charge in [0.25, 0.3) is 0 Å². The zero-order chi connectivity index (χ0) is 12.4. The molecule has 2 unspecified atom stereocenters. The molecule has 1 aromatic rings. The molecule has 2 heterocycles. The molecule has 2 N–H and O–H groups in total. The van der Waals surface area contributed by atoms with Crippen LogP contribution in [-0.2, 0) is 4.74 Å². The molecule has 3 nitrogen and oxygen atoms in total. The second-order valence-corrected chi connectivity index (χ2v) is 6.22. The first-order valence-electron chi connectivity index (χ1n) is 6.19. The molecule has 1 saturated heterocycles. The van der Waals surface area contributed by atoms with E-state index in [1.807, 2.05) is 11.3 Å². The first-order chi connectivity index (χ1) is 8.15. The van der Waals surface area contributed by atoms with Crippen LogP contribution in [0.25, 0.3) is 0 Å². The highest BCUT2D eigenvalue weighted by molar-refractivity contribution is 7.12. The van der Waals surface area contributed by atoms with Crippen LogP contribution in [0.5, 0.6) is 0 Å². The number of methoxy groups -OCH3 is 1. The fourth-order valence-electron chi connectivity index (χ4n) is 2.68. The van der Waals surface area contributed by atoms with Crippen LogP contribution in [0, 0.1) is 13.8 Å². The second kappa shape index (κ2) is 5.48. The van der Waals surface area contributed by atoms with Gasteiger partial charge in [0.05, 0.1) is 6.10 Å². The number of hydrogen-bond donors (Lipinski definition) is 1. The normalized spacial score (nSPS) is 23.2. The quantitative estimate of drug-likeness (QED) is 0.894. The Hall–Kier alpha value is -0.420. The lowest BCUT2D eigenvalue weighted by Crippen LogP contribution is -2.33. The van der Waals surface area contributed by atoms with Crippen LogP contribution in [-0.4, -0.2) is 37.7 Å². The van der Waals surface area contributed by atoms with Crippen molar-refractivity contribution in [1.29, 1.82) is 0 Å². The first kappa shape index (κ1) is 13.0. The predicted molar refractivity (Wildman–Crippen MR) is 72.6 cm³/mol. The van der Waals surface area contributed by atoms with Crippen LogP contribution < -0.4 is 5.73 Å². The second-order valence-electron chi connectivity index (χ2n) is 4.76. The fraction of sp³-hybridized carbons (Fsp3) is 0.692. The van der Waals surface area contributed by atoms with E-state index < -0.39 is 0 Å². The lowest BCUT2D eigenvalue weighted by Gasteiger charge is -2.26. The third-order valence-corrected chi connectivity index (χ3v) is 4.59. The van der Waals surface area contributed by atoms with Gasteiger partial charge in [-0.25, -0.2) is 0 Å². The maximum atomic E-state index is 5.97. The molecule has 1 fully saturated rings. The Morgan fingerprint density at radius 1 is 1.59 bits per heavy atom. The van der Waals surface area contributed by atoms with Gasteiger partial charge in [0, 0.05) is 42.5 Å². The minimum atomic E-state index is 0.361. The summed E-state index contributed by atoms with van der Waals surface area (Å²) in [6.07, 6.45) is 1.50. The van der Waals surface area contributed by atoms with Gasteiger partial charge in [-0.1, -0.05) is 0 Å². The number of hydrogen-bond acceptors (Lipinski definition) is 4. The molecule has 0 spiro atoms. The van der Waals surface area contributed by atoms with Crippen molar-refractivity contribution in [1.82, 2.24) is 4.90 Å². The highest BCUT2D eigenvalue weighted by Crippen LogP contribution is 2.31. The molecule has 1 aromatic heterocycles. The van der Waals surface area contributed by atoms with Gasteiger partial charge in [-0.05, 0) is 31.9 Å². The van der Waals surface area contributed by atoms with E-state index in [1.165, 1.54) is 15.3 Å². The SMILES string of the molecule is COC1CCN(C(CN)c2cc(C)sc2C)C1. The highest BCUT2D eigenvalue weighted by atomic mass is 32.1. The average Bonchev–Trinajstić information content (AvgIpc) is 2.88. The van der Waals surface area contributed by atoms with Crippen LogP contribution >= 0.6 is 11.3 Å². The van der Waals surface area contributed by atoms with Crippen molar-refractivity contribution in [2.75, 3.05) is 26.7 Å². The number of nitrogens with zero attached hydrogens (tertiary/aromatic N) is 1. The molecule has 0 saturated carbocycles. The monoisotopic (exact) mass is 254 g/mol. The lowest BCUT2D eigenvalue weighted by atomic mass is 10.1. The van der Waals surface area contributed by atoms with Crippen LogP contribution in [0.1, 0.15) is 27.8 Å². The van der Waals surface area contributed by atoms with Gasteiger partial charge < -0.3 is 10.5 Å². The first-order valence-corrected chi connectivity index (χ1v) is 7.01. The summed E-state index contributed by atoms with van der Waals surface area (Å²) in [5.41, 5.74) is 7.38. The van der Waals surface area contributed by atoms with Crippen molar-refractivity contribution in [3.63, 3.8) is 0 Å². The molecule has 0 bridgehead atoms. The molecule has 0 amide bonds. The average molecular weight is 254 g/mol. The summed E-state index contributed by atoms with van der Waals surface area (Å²) < 4.78 is 5.43. The predicted octanol–water partition coefficient (Wildman–Crippen LogP) is 2.09. The van der Waals surface area contributed by atoms with E-state index in [2.05, 4.69) is 24.8 Å². The molecule has 2 atom stereocenters. The number of likely N-dealkylation sites (tertiary alicyclic amines) is 1. The molecule has 17 heavy (non-hydrogen) atoms. The van der Waals surface area contributed by atoms with E-state index in [0.717, 1.165) is 19.5 Å². The zero-order valence-corrected chi connectivity index (χ0v) is 11.7. The number of ether oxygens (including phenoxy) is 1. The van der Waals surface area contributed by atoms with E-state index >= 15 is 0 Å². The third-order valence-electron chi connectivity index (χ3n) is 3.61. The molecule has 1 aliphatic heterocycles. The van der Waals surface area contributed by atoms with Gasteiger partial charge in [0.2, 0.25) is 0 Å². The third kappa shape index (κ3) is 2.71. The zero-order valence-electron chi connectivity index (χ0n) is 10.9. The summed E-state index contributed by atoms with van der Waals surface area (Å²) in [5, 5.41) is 0. The van der Waals surface area contributed by atoms with E-state index in [0.29, 0.717) is 18.7 Å². The Labute approximate surface area is 108 Å². The van der Waals surface area contributed by atoms with Gasteiger partial charge in [-0.2, -0.15) is 0 Å². The number of thiophene rings is 1. The number of aryl methyl sites for hydroxylation is 2. The van der Waals surface area contributed by atoms with Crippen molar-refractivity contribution in [2.24, 2.45) is 5.73 Å². The molecule has 0 radical (unpaired) electrons. The van der Waals surface area contributed by atoms with Gasteiger partial charge in [0.15, 0.2) is 0 Å². The summed E-state index contributed by atoms with van der Waals surface area (Å²) in [6, 6.07) is 2.65. The summed E-state index contributed by atoms with van der Waals surface area (Å²) in [7, 11) is 1.80. The molecular formula is C13H22N2OS. The minimum absolute atomic E-state index is 0.361. The summed E-state index contributed by atoms with van der Waals surface area (Å²) in [5.74, 6) is 0. The fourth-order valence-corrected chi connectivity index (χ4v) is 3.67. The minimum Gasteiger partial charge on any atom is -0.380 e. The van der Waals surface area contributed by atoms with Crippen molar-refractivity contribution in [3.05, 3.63) is 21.4 Å². The van der Waals surface area contributed by atoms with E-state index in [4.69, 9.17) is 10.5 Å². The number of rotatable bonds is 4. The smallest absolute Gasteiger partial charge is 0.0710 e. The van der Waals surface area contributed by atoms with Crippen molar-refractivity contribution in [2.45, 2.75) is 32.4 Å². The van der Waals surface area contributed by atoms with Gasteiger partial charge >= 0.3 is 0 Å². The topological polar surface area (TPSA) is 38.5 Å². The summed E-state index contributed by atoms with van der Waals surface area (Å²) in [6.45, 7) is 7.14. The van der Waals surface area contributed by atoms with Gasteiger partial charge in [0.1, 0.15) is 0 Å². The Morgan fingerprint density at radius 3 is 2.82 bits per heavy atom. The Morgan fingerprint density at radius 2 is 2.35 bits per heavy atom. The highest BCUT2D eigenvalue weighted by Gasteiger charge is 2.29. The Balaban J connectivity index is 2.14. The molecule has 1 aliphatic rings. The maximum Gasteiger partial charge on any atom is 0.0710 e.